The van der Waals surface area contributed by atoms with E-state index in [2.05, 4.69) is 0 Å². The number of halogens is 2. The molecule has 1 N–H and O–H groups in total. The van der Waals surface area contributed by atoms with E-state index in [0.29, 0.717) is 21.7 Å². The van der Waals surface area contributed by atoms with Crippen LogP contribution in [0, 0.1) is 5.82 Å². The summed E-state index contributed by atoms with van der Waals surface area (Å²) >= 11 is 5.95. The summed E-state index contributed by atoms with van der Waals surface area (Å²) in [7, 11) is 0. The van der Waals surface area contributed by atoms with Gasteiger partial charge in [0.1, 0.15) is 5.82 Å². The average Bonchev–Trinajstić information content (AvgIpc) is 2.30. The Morgan fingerprint density at radius 3 is 2.39 bits per heavy atom. The van der Waals surface area contributed by atoms with E-state index in [-0.39, 0.29) is 6.42 Å². The summed E-state index contributed by atoms with van der Waals surface area (Å²) in [5.74, 6) is -1.29. The van der Waals surface area contributed by atoms with Crippen LogP contribution < -0.4 is 0 Å². The van der Waals surface area contributed by atoms with Crippen molar-refractivity contribution >= 4 is 17.6 Å². The molecule has 2 aromatic rings. The molecule has 0 heterocycles. The van der Waals surface area contributed by atoms with Crippen LogP contribution in [0.4, 0.5) is 4.39 Å². The number of hydrogen-bond acceptors (Lipinski definition) is 1. The van der Waals surface area contributed by atoms with Crippen LogP contribution in [0.2, 0.25) is 5.02 Å². The largest absolute Gasteiger partial charge is 0.481 e. The summed E-state index contributed by atoms with van der Waals surface area (Å²) < 4.78 is 13.7. The average molecular weight is 265 g/mol. The molecule has 0 radical (unpaired) electrons. The molecule has 2 aromatic carbocycles. The van der Waals surface area contributed by atoms with Crippen molar-refractivity contribution in [2.45, 2.75) is 6.42 Å². The van der Waals surface area contributed by atoms with Gasteiger partial charge in [0.2, 0.25) is 0 Å². The first-order valence-electron chi connectivity index (χ1n) is 5.33. The van der Waals surface area contributed by atoms with E-state index in [9.17, 15) is 9.18 Å². The van der Waals surface area contributed by atoms with Gasteiger partial charge in [-0.1, -0.05) is 41.9 Å². The zero-order chi connectivity index (χ0) is 13.1. The van der Waals surface area contributed by atoms with Gasteiger partial charge in [-0.25, -0.2) is 4.39 Å². The normalized spacial score (nSPS) is 10.3. The maximum atomic E-state index is 13.7. The van der Waals surface area contributed by atoms with Gasteiger partial charge in [0.05, 0.1) is 11.4 Å². The number of carbonyl (C=O) groups is 1. The number of benzene rings is 2. The molecule has 0 spiro atoms. The maximum absolute atomic E-state index is 13.7. The standard InChI is InChI=1S/C14H10ClFO2/c15-11-2-1-3-12(16)14(11)10-6-4-9(5-7-10)8-13(17)18/h1-7H,8H2,(H,17,18). The molecule has 2 rings (SSSR count). The topological polar surface area (TPSA) is 37.3 Å². The third-order valence-corrected chi connectivity index (χ3v) is 2.88. The van der Waals surface area contributed by atoms with Crippen LogP contribution >= 0.6 is 11.6 Å². The fourth-order valence-electron chi connectivity index (χ4n) is 1.74. The van der Waals surface area contributed by atoms with Crippen LogP contribution in [-0.4, -0.2) is 11.1 Å². The van der Waals surface area contributed by atoms with Crippen molar-refractivity contribution in [3.8, 4) is 11.1 Å². The van der Waals surface area contributed by atoms with E-state index in [0.717, 1.165) is 0 Å². The lowest BCUT2D eigenvalue weighted by atomic mass is 10.0. The molecule has 0 aromatic heterocycles. The fraction of sp³-hybridized carbons (Fsp3) is 0.0714. The Morgan fingerprint density at radius 2 is 1.83 bits per heavy atom. The summed E-state index contributed by atoms with van der Waals surface area (Å²) in [6, 6.07) is 11.2. The summed E-state index contributed by atoms with van der Waals surface area (Å²) in [4.78, 5) is 10.6. The van der Waals surface area contributed by atoms with Crippen LogP contribution in [-0.2, 0) is 11.2 Å². The van der Waals surface area contributed by atoms with E-state index < -0.39 is 11.8 Å². The van der Waals surface area contributed by atoms with Crippen molar-refractivity contribution in [1.82, 2.24) is 0 Å². The van der Waals surface area contributed by atoms with Crippen LogP contribution in [0.5, 0.6) is 0 Å². The van der Waals surface area contributed by atoms with E-state index in [1.54, 1.807) is 36.4 Å². The molecule has 4 heteroatoms. The first-order chi connectivity index (χ1) is 8.58. The second-order valence-corrected chi connectivity index (χ2v) is 4.27. The van der Waals surface area contributed by atoms with Gasteiger partial charge in [0.15, 0.2) is 0 Å². The second kappa shape index (κ2) is 5.19. The Kier molecular flexibility index (Phi) is 3.63. The summed E-state index contributed by atoms with van der Waals surface area (Å²) in [5, 5.41) is 8.99. The highest BCUT2D eigenvalue weighted by atomic mass is 35.5. The van der Waals surface area contributed by atoms with Crippen molar-refractivity contribution < 1.29 is 14.3 Å². The first kappa shape index (κ1) is 12.6. The Bertz CT molecular complexity index is 559. The maximum Gasteiger partial charge on any atom is 0.307 e. The summed E-state index contributed by atoms with van der Waals surface area (Å²) in [6.45, 7) is 0. The minimum absolute atomic E-state index is 0.0503. The van der Waals surface area contributed by atoms with Crippen LogP contribution in [0.3, 0.4) is 0 Å². The van der Waals surface area contributed by atoms with Crippen molar-refractivity contribution in [1.29, 1.82) is 0 Å². The van der Waals surface area contributed by atoms with E-state index in [1.165, 1.54) is 6.07 Å². The van der Waals surface area contributed by atoms with Crippen molar-refractivity contribution in [3.05, 3.63) is 58.9 Å². The van der Waals surface area contributed by atoms with Gasteiger partial charge in [-0.3, -0.25) is 4.79 Å². The Balaban J connectivity index is 2.37. The van der Waals surface area contributed by atoms with Crippen LogP contribution in [0.25, 0.3) is 11.1 Å². The molecule has 0 saturated carbocycles. The van der Waals surface area contributed by atoms with Gasteiger partial charge in [0.25, 0.3) is 0 Å². The molecule has 2 nitrogen and oxygen atoms in total. The van der Waals surface area contributed by atoms with Gasteiger partial charge in [-0.15, -0.1) is 0 Å². The summed E-state index contributed by atoms with van der Waals surface area (Å²) in [5.41, 5.74) is 1.63. The molecule has 0 amide bonds. The van der Waals surface area contributed by atoms with E-state index in [4.69, 9.17) is 16.7 Å². The molecule has 0 fully saturated rings. The smallest absolute Gasteiger partial charge is 0.307 e. The molecule has 0 aliphatic heterocycles. The van der Waals surface area contributed by atoms with Crippen LogP contribution in [0.1, 0.15) is 5.56 Å². The fourth-order valence-corrected chi connectivity index (χ4v) is 2.01. The molecule has 0 atom stereocenters. The molecule has 0 bridgehead atoms. The van der Waals surface area contributed by atoms with Gasteiger partial charge >= 0.3 is 5.97 Å². The van der Waals surface area contributed by atoms with Crippen molar-refractivity contribution in [2.24, 2.45) is 0 Å². The van der Waals surface area contributed by atoms with Crippen molar-refractivity contribution in [3.63, 3.8) is 0 Å². The quantitative estimate of drug-likeness (QED) is 0.916. The molecular formula is C14H10ClFO2. The highest BCUT2D eigenvalue weighted by Crippen LogP contribution is 2.30. The molecule has 0 aliphatic carbocycles. The predicted octanol–water partition coefficient (Wildman–Crippen LogP) is 3.77. The zero-order valence-electron chi connectivity index (χ0n) is 9.36. The Labute approximate surface area is 109 Å². The third kappa shape index (κ3) is 2.68. The summed E-state index contributed by atoms with van der Waals surface area (Å²) in [6.07, 6.45) is -0.0503. The number of rotatable bonds is 3. The molecule has 0 unspecified atom stereocenters. The SMILES string of the molecule is O=C(O)Cc1ccc(-c2c(F)cccc2Cl)cc1. The van der Waals surface area contributed by atoms with Gasteiger partial charge in [-0.05, 0) is 23.3 Å². The van der Waals surface area contributed by atoms with E-state index >= 15 is 0 Å². The lowest BCUT2D eigenvalue weighted by Crippen LogP contribution is -1.99. The second-order valence-electron chi connectivity index (χ2n) is 3.86. The van der Waals surface area contributed by atoms with E-state index in [1.807, 2.05) is 0 Å². The molecular weight excluding hydrogens is 255 g/mol. The number of hydrogen-bond donors (Lipinski definition) is 1. The lowest BCUT2D eigenvalue weighted by Gasteiger charge is -2.06. The first-order valence-corrected chi connectivity index (χ1v) is 5.71. The van der Waals surface area contributed by atoms with Gasteiger partial charge in [0, 0.05) is 5.56 Å². The van der Waals surface area contributed by atoms with Crippen LogP contribution in [0.15, 0.2) is 42.5 Å². The molecule has 0 saturated heterocycles. The lowest BCUT2D eigenvalue weighted by molar-refractivity contribution is -0.136. The Hall–Kier alpha value is -1.87. The third-order valence-electron chi connectivity index (χ3n) is 2.56. The number of aliphatic carboxylic acids is 1. The van der Waals surface area contributed by atoms with Crippen molar-refractivity contribution in [2.75, 3.05) is 0 Å². The van der Waals surface area contributed by atoms with Gasteiger partial charge in [-0.2, -0.15) is 0 Å². The monoisotopic (exact) mass is 264 g/mol. The predicted molar refractivity (Wildman–Crippen MR) is 68.2 cm³/mol. The van der Waals surface area contributed by atoms with Gasteiger partial charge < -0.3 is 5.11 Å². The number of carboxylic acid groups (broad SMARTS) is 1. The molecule has 18 heavy (non-hydrogen) atoms. The minimum atomic E-state index is -0.897. The molecule has 92 valence electrons. The highest BCUT2D eigenvalue weighted by Gasteiger charge is 2.09. The molecule has 0 aliphatic rings. The number of carboxylic acids is 1. The zero-order valence-corrected chi connectivity index (χ0v) is 10.1. The highest BCUT2D eigenvalue weighted by molar-refractivity contribution is 6.33. The Morgan fingerprint density at radius 1 is 1.17 bits per heavy atom. The minimum Gasteiger partial charge on any atom is -0.481 e.